The third-order valence-electron chi connectivity index (χ3n) is 4.23. The summed E-state index contributed by atoms with van der Waals surface area (Å²) in [6.45, 7) is 5.98. The highest BCUT2D eigenvalue weighted by Crippen LogP contribution is 2.21. The molecule has 1 aliphatic rings. The molecule has 142 valence electrons. The van der Waals surface area contributed by atoms with Crippen molar-refractivity contribution in [1.82, 2.24) is 20.1 Å². The molecular weight excluding hydrogens is 351 g/mol. The molecule has 0 amide bonds. The Labute approximate surface area is 150 Å². The van der Waals surface area contributed by atoms with Crippen molar-refractivity contribution in [3.63, 3.8) is 0 Å². The molecule has 0 radical (unpaired) electrons. The highest BCUT2D eigenvalue weighted by molar-refractivity contribution is 7.11. The molecule has 1 aliphatic heterocycles. The Hall–Kier alpha value is -1.35. The second kappa shape index (κ2) is 8.84. The van der Waals surface area contributed by atoms with Gasteiger partial charge in [-0.15, -0.1) is 11.3 Å². The summed E-state index contributed by atoms with van der Waals surface area (Å²) in [6.07, 6.45) is -1.42. The van der Waals surface area contributed by atoms with E-state index in [-0.39, 0.29) is 5.92 Å². The van der Waals surface area contributed by atoms with Crippen molar-refractivity contribution in [1.29, 1.82) is 0 Å². The standard InChI is InChI=1S/C16H26F3N5S/c1-4-23(11-16(17,18)19)9-13-5-6-24(10-13)15(20-3)22-8-14-21-7-12(2)25-14/h7,13H,4-6,8-11H2,1-3H3,(H,20,22). The second-order valence-corrected chi connectivity index (χ2v) is 7.63. The first kappa shape index (κ1) is 20.0. The third-order valence-corrected chi connectivity index (χ3v) is 5.14. The van der Waals surface area contributed by atoms with Crippen molar-refractivity contribution >= 4 is 17.3 Å². The number of aliphatic imine (C=N–C) groups is 1. The van der Waals surface area contributed by atoms with E-state index in [0.29, 0.717) is 19.6 Å². The number of rotatable bonds is 6. The molecule has 1 aromatic rings. The van der Waals surface area contributed by atoms with Crippen LogP contribution in [0.1, 0.15) is 23.2 Å². The lowest BCUT2D eigenvalue weighted by Gasteiger charge is -2.26. The first-order valence-electron chi connectivity index (χ1n) is 8.46. The SMILES string of the molecule is CCN(CC1CCN(C(=NC)NCc2ncc(C)s2)C1)CC(F)(F)F. The van der Waals surface area contributed by atoms with Gasteiger partial charge in [-0.3, -0.25) is 9.89 Å². The van der Waals surface area contributed by atoms with Crippen LogP contribution in [0.3, 0.4) is 0 Å². The van der Waals surface area contributed by atoms with E-state index in [9.17, 15) is 13.2 Å². The maximum absolute atomic E-state index is 12.6. The van der Waals surface area contributed by atoms with Gasteiger partial charge in [0.15, 0.2) is 5.96 Å². The van der Waals surface area contributed by atoms with Crippen LogP contribution in [0.15, 0.2) is 11.2 Å². The summed E-state index contributed by atoms with van der Waals surface area (Å²) < 4.78 is 37.8. The van der Waals surface area contributed by atoms with Gasteiger partial charge in [0.1, 0.15) is 5.01 Å². The molecule has 1 N–H and O–H groups in total. The lowest BCUT2D eigenvalue weighted by molar-refractivity contribution is -0.146. The van der Waals surface area contributed by atoms with Crippen LogP contribution in [0, 0.1) is 12.8 Å². The minimum atomic E-state index is -4.14. The summed E-state index contributed by atoms with van der Waals surface area (Å²) in [6, 6.07) is 0. The Kier molecular flexibility index (Phi) is 7.06. The number of halogens is 3. The molecule has 25 heavy (non-hydrogen) atoms. The fourth-order valence-corrected chi connectivity index (χ4v) is 3.80. The van der Waals surface area contributed by atoms with Gasteiger partial charge in [0.05, 0.1) is 13.1 Å². The van der Waals surface area contributed by atoms with Crippen molar-refractivity contribution in [2.75, 3.05) is 39.8 Å². The van der Waals surface area contributed by atoms with Crippen molar-refractivity contribution < 1.29 is 13.2 Å². The van der Waals surface area contributed by atoms with Gasteiger partial charge in [-0.25, -0.2) is 4.98 Å². The number of likely N-dealkylation sites (tertiary alicyclic amines) is 1. The molecule has 5 nitrogen and oxygen atoms in total. The lowest BCUT2D eigenvalue weighted by atomic mass is 10.1. The molecule has 0 aliphatic carbocycles. The zero-order valence-electron chi connectivity index (χ0n) is 14.9. The maximum Gasteiger partial charge on any atom is 0.401 e. The number of hydrogen-bond acceptors (Lipinski definition) is 4. The highest BCUT2D eigenvalue weighted by atomic mass is 32.1. The maximum atomic E-state index is 12.6. The van der Waals surface area contributed by atoms with E-state index in [4.69, 9.17) is 0 Å². The zero-order chi connectivity index (χ0) is 18.4. The van der Waals surface area contributed by atoms with Gasteiger partial charge in [-0.05, 0) is 25.8 Å². The molecule has 1 aromatic heterocycles. The van der Waals surface area contributed by atoms with Crippen LogP contribution in [0.4, 0.5) is 13.2 Å². The summed E-state index contributed by atoms with van der Waals surface area (Å²) in [5.41, 5.74) is 0. The topological polar surface area (TPSA) is 43.8 Å². The molecule has 2 rings (SSSR count). The fourth-order valence-electron chi connectivity index (χ4n) is 3.07. The minimum absolute atomic E-state index is 0.225. The summed E-state index contributed by atoms with van der Waals surface area (Å²) in [5, 5.41) is 4.29. The molecule has 2 heterocycles. The van der Waals surface area contributed by atoms with Crippen LogP contribution >= 0.6 is 11.3 Å². The van der Waals surface area contributed by atoms with Crippen LogP contribution in [0.5, 0.6) is 0 Å². The Balaban J connectivity index is 1.83. The molecule has 1 saturated heterocycles. The average Bonchev–Trinajstić information content (AvgIpc) is 3.15. The van der Waals surface area contributed by atoms with Crippen molar-refractivity contribution in [2.24, 2.45) is 10.9 Å². The van der Waals surface area contributed by atoms with Crippen molar-refractivity contribution in [3.8, 4) is 0 Å². The summed E-state index contributed by atoms with van der Waals surface area (Å²) in [4.78, 5) is 13.4. The van der Waals surface area contributed by atoms with Crippen LogP contribution in [0.25, 0.3) is 0 Å². The number of hydrogen-bond donors (Lipinski definition) is 1. The molecule has 0 saturated carbocycles. The number of aromatic nitrogens is 1. The highest BCUT2D eigenvalue weighted by Gasteiger charge is 2.32. The van der Waals surface area contributed by atoms with E-state index < -0.39 is 12.7 Å². The largest absolute Gasteiger partial charge is 0.401 e. The molecule has 0 bridgehead atoms. The van der Waals surface area contributed by atoms with Gasteiger partial charge >= 0.3 is 6.18 Å². The predicted molar refractivity (Wildman–Crippen MR) is 94.9 cm³/mol. The number of nitrogens with one attached hydrogen (secondary N) is 1. The van der Waals surface area contributed by atoms with Crippen LogP contribution < -0.4 is 5.32 Å². The van der Waals surface area contributed by atoms with E-state index in [1.165, 1.54) is 4.90 Å². The molecule has 1 atom stereocenters. The smallest absolute Gasteiger partial charge is 0.350 e. The monoisotopic (exact) mass is 377 g/mol. The van der Waals surface area contributed by atoms with Gasteiger partial charge in [-0.1, -0.05) is 6.92 Å². The number of thiazole rings is 1. The molecule has 9 heteroatoms. The van der Waals surface area contributed by atoms with Crippen LogP contribution in [-0.2, 0) is 6.54 Å². The minimum Gasteiger partial charge on any atom is -0.350 e. The van der Waals surface area contributed by atoms with E-state index in [1.807, 2.05) is 13.1 Å². The fraction of sp³-hybridized carbons (Fsp3) is 0.750. The van der Waals surface area contributed by atoms with Crippen molar-refractivity contribution in [3.05, 3.63) is 16.1 Å². The zero-order valence-corrected chi connectivity index (χ0v) is 15.8. The van der Waals surface area contributed by atoms with Gasteiger partial charge in [0, 0.05) is 37.8 Å². The van der Waals surface area contributed by atoms with Gasteiger partial charge in [-0.2, -0.15) is 13.2 Å². The summed E-state index contributed by atoms with van der Waals surface area (Å²) in [5.74, 6) is 1.01. The molecule has 1 unspecified atom stereocenters. The Bertz CT molecular complexity index is 572. The number of aryl methyl sites for hydroxylation is 1. The molecule has 0 spiro atoms. The van der Waals surface area contributed by atoms with Gasteiger partial charge in [0.25, 0.3) is 0 Å². The lowest BCUT2D eigenvalue weighted by Crippen LogP contribution is -2.41. The second-order valence-electron chi connectivity index (χ2n) is 6.31. The number of nitrogens with zero attached hydrogens (tertiary/aromatic N) is 4. The van der Waals surface area contributed by atoms with E-state index in [0.717, 1.165) is 35.4 Å². The molecule has 1 fully saturated rings. The number of alkyl halides is 3. The third kappa shape index (κ3) is 6.47. The molecular formula is C16H26F3N5S. The number of guanidine groups is 1. The normalized spacial score (nSPS) is 19.1. The Morgan fingerprint density at radius 1 is 1.52 bits per heavy atom. The molecule has 0 aromatic carbocycles. The Morgan fingerprint density at radius 3 is 2.84 bits per heavy atom. The first-order chi connectivity index (χ1) is 11.8. The predicted octanol–water partition coefficient (Wildman–Crippen LogP) is 2.73. The Morgan fingerprint density at radius 2 is 2.28 bits per heavy atom. The quantitative estimate of drug-likeness (QED) is 0.612. The van der Waals surface area contributed by atoms with Gasteiger partial charge in [0.2, 0.25) is 0 Å². The summed E-state index contributed by atoms with van der Waals surface area (Å²) in [7, 11) is 1.73. The van der Waals surface area contributed by atoms with E-state index in [2.05, 4.69) is 20.2 Å². The van der Waals surface area contributed by atoms with Crippen LogP contribution in [-0.4, -0.2) is 66.7 Å². The summed E-state index contributed by atoms with van der Waals surface area (Å²) >= 11 is 1.64. The van der Waals surface area contributed by atoms with Crippen molar-refractivity contribution in [2.45, 2.75) is 33.0 Å². The first-order valence-corrected chi connectivity index (χ1v) is 9.28. The van der Waals surface area contributed by atoms with Gasteiger partial charge < -0.3 is 10.2 Å². The van der Waals surface area contributed by atoms with E-state index >= 15 is 0 Å². The van der Waals surface area contributed by atoms with E-state index in [1.54, 1.807) is 25.3 Å². The van der Waals surface area contributed by atoms with Crippen LogP contribution in [0.2, 0.25) is 0 Å². The average molecular weight is 377 g/mol.